The van der Waals surface area contributed by atoms with Crippen LogP contribution in [-0.2, 0) is 0 Å². The van der Waals surface area contributed by atoms with Crippen molar-refractivity contribution in [2.75, 3.05) is 13.6 Å². The van der Waals surface area contributed by atoms with Crippen molar-refractivity contribution < 1.29 is 0 Å². The number of nitrogens with zero attached hydrogens (tertiary/aromatic N) is 1. The quantitative estimate of drug-likeness (QED) is 0.568. The first-order chi connectivity index (χ1) is 4.27. The molecule has 2 unspecified atom stereocenters. The van der Waals surface area contributed by atoms with Crippen molar-refractivity contribution in [1.29, 1.82) is 0 Å². The minimum absolute atomic E-state index is 0. The summed E-state index contributed by atoms with van der Waals surface area (Å²) < 4.78 is 0. The van der Waals surface area contributed by atoms with Crippen molar-refractivity contribution >= 4 is 0 Å². The van der Waals surface area contributed by atoms with Crippen molar-refractivity contribution in [3.05, 3.63) is 5.92 Å². The largest absolute Gasteiger partial charge is 0.332 e. The molecule has 2 atom stereocenters. The fourth-order valence-corrected chi connectivity index (χ4v) is 2.05. The molecular weight excluding hydrogens is 372 g/mol. The Morgan fingerprint density at radius 3 is 2.80 bits per heavy atom. The van der Waals surface area contributed by atoms with E-state index in [9.17, 15) is 0 Å². The van der Waals surface area contributed by atoms with Crippen LogP contribution in [0.5, 0.6) is 0 Å². The zero-order chi connectivity index (χ0) is 6.43. The fraction of sp³-hybridized carbons (Fsp3) is 0.875. The molecule has 0 aromatic rings. The zero-order valence-electron chi connectivity index (χ0n) is 6.48. The third-order valence-electron chi connectivity index (χ3n) is 2.58. The van der Waals surface area contributed by atoms with Crippen LogP contribution >= 0.6 is 0 Å². The predicted octanol–water partition coefficient (Wildman–Crippen LogP) is 1.30. The molecule has 67 valence electrons. The topological polar surface area (TPSA) is 3.24 Å². The Morgan fingerprint density at radius 2 is 2.20 bits per heavy atom. The Balaban J connectivity index is 0.000000500. The predicted molar refractivity (Wildman–Crippen MR) is 38.1 cm³/mol. The van der Waals surface area contributed by atoms with E-state index in [1.165, 1.54) is 19.4 Å². The van der Waals surface area contributed by atoms with E-state index in [1.54, 1.807) is 5.92 Å². The van der Waals surface area contributed by atoms with E-state index < -0.39 is 0 Å². The van der Waals surface area contributed by atoms with Crippen LogP contribution in [0.2, 0.25) is 0 Å². The van der Waals surface area contributed by atoms with E-state index >= 15 is 0 Å². The molecule has 10 heavy (non-hydrogen) atoms. The van der Waals surface area contributed by atoms with Crippen molar-refractivity contribution in [2.24, 2.45) is 5.92 Å². The van der Waals surface area contributed by atoms with Crippen LogP contribution in [0.1, 0.15) is 19.8 Å². The van der Waals surface area contributed by atoms with E-state index in [4.69, 9.17) is 0 Å². The van der Waals surface area contributed by atoms with Crippen LogP contribution in [-0.4, -0.2) is 24.5 Å². The molecule has 1 radical (unpaired) electrons. The Kier molecular flexibility index (Phi) is 1.40. The van der Waals surface area contributed by atoms with Crippen LogP contribution in [0, 0.1) is 11.8 Å². The molecule has 1 saturated carbocycles. The average molecular weight is 386 g/mol. The SMILES string of the molecule is C[C-]1CC2CC2N(C)C1.[Lr]. The van der Waals surface area contributed by atoms with E-state index in [1.807, 2.05) is 0 Å². The normalized spacial score (nSPS) is 40.2. The Labute approximate surface area is 57.0 Å². The molecule has 1 saturated heterocycles. The van der Waals surface area contributed by atoms with Gasteiger partial charge < -0.3 is 10.8 Å². The smallest absolute Gasteiger partial charge is 0.00707 e. The molecule has 2 aliphatic rings. The number of rotatable bonds is 0. The van der Waals surface area contributed by atoms with E-state index in [2.05, 4.69) is 18.9 Å². The van der Waals surface area contributed by atoms with Gasteiger partial charge in [-0.05, 0) is 13.5 Å². The molecule has 0 amide bonds. The number of hydrogen-bond acceptors (Lipinski definition) is 1. The fourth-order valence-electron chi connectivity index (χ4n) is 2.05. The van der Waals surface area contributed by atoms with Gasteiger partial charge in [0.25, 0.3) is 0 Å². The molecule has 0 bridgehead atoms. The summed E-state index contributed by atoms with van der Waals surface area (Å²) in [5, 5.41) is 0. The first-order valence-electron chi connectivity index (χ1n) is 3.79. The van der Waals surface area contributed by atoms with Gasteiger partial charge in [-0.1, -0.05) is 5.92 Å². The van der Waals surface area contributed by atoms with Gasteiger partial charge in [-0.3, -0.25) is 0 Å². The summed E-state index contributed by atoms with van der Waals surface area (Å²) in [6.07, 6.45) is 2.88. The van der Waals surface area contributed by atoms with Gasteiger partial charge in [-0.2, -0.15) is 13.3 Å². The number of hydrogen-bond donors (Lipinski definition) is 0. The Morgan fingerprint density at radius 1 is 1.50 bits per heavy atom. The molecule has 2 fully saturated rings. The van der Waals surface area contributed by atoms with E-state index in [0.717, 1.165) is 12.0 Å². The van der Waals surface area contributed by atoms with Crippen LogP contribution < -0.4 is 0 Å². The molecule has 0 N–H and O–H groups in total. The molecule has 1 heterocycles. The molecule has 2 rings (SSSR count). The molecule has 1 nitrogen and oxygen atoms in total. The van der Waals surface area contributed by atoms with Crippen LogP contribution in [0.15, 0.2) is 0 Å². The molecular formula is C8H14LrN-. The molecule has 1 aliphatic heterocycles. The van der Waals surface area contributed by atoms with Crippen LogP contribution in [0.3, 0.4) is 0 Å². The standard InChI is InChI=1S/C8H14N.Lr/c1-6-3-7-4-8(7)9(2)5-6;/h7-8H,3-5H2,1-2H3;/q-1;. The third kappa shape index (κ3) is 0.860. The first-order valence-corrected chi connectivity index (χ1v) is 3.79. The summed E-state index contributed by atoms with van der Waals surface area (Å²) in [5.41, 5.74) is 0. The maximum absolute atomic E-state index is 2.49. The van der Waals surface area contributed by atoms with Gasteiger partial charge >= 0.3 is 0 Å². The van der Waals surface area contributed by atoms with Gasteiger partial charge in [0.1, 0.15) is 0 Å². The maximum atomic E-state index is 2.49. The summed E-state index contributed by atoms with van der Waals surface area (Å²) in [4.78, 5) is 2.49. The van der Waals surface area contributed by atoms with Crippen LogP contribution in [0.25, 0.3) is 0 Å². The van der Waals surface area contributed by atoms with Crippen molar-refractivity contribution in [3.63, 3.8) is 0 Å². The number of fused-ring (bicyclic) bond motifs is 1. The van der Waals surface area contributed by atoms with Gasteiger partial charge in [-0.15, -0.1) is 6.54 Å². The molecule has 2 heteroatoms. The number of piperidine rings is 1. The monoisotopic (exact) mass is 386 g/mol. The molecule has 1 aliphatic carbocycles. The second-order valence-corrected chi connectivity index (χ2v) is 3.64. The zero-order valence-corrected chi connectivity index (χ0v) is 8.63. The van der Waals surface area contributed by atoms with Gasteiger partial charge in [0, 0.05) is 6.04 Å². The van der Waals surface area contributed by atoms with Gasteiger partial charge in [-0.25, -0.2) is 0 Å². The summed E-state index contributed by atoms with van der Waals surface area (Å²) in [5.74, 6) is 2.72. The Hall–Kier alpha value is -1.04. The average Bonchev–Trinajstić information content (AvgIpc) is 2.43. The van der Waals surface area contributed by atoms with Gasteiger partial charge in [0.15, 0.2) is 0 Å². The van der Waals surface area contributed by atoms with Crippen molar-refractivity contribution in [3.8, 4) is 0 Å². The summed E-state index contributed by atoms with van der Waals surface area (Å²) in [6.45, 7) is 3.53. The van der Waals surface area contributed by atoms with E-state index in [0.29, 0.717) is 0 Å². The molecule has 0 aromatic heterocycles. The minimum Gasteiger partial charge on any atom is -0.332 e. The molecule has 0 aromatic carbocycles. The minimum atomic E-state index is 0. The van der Waals surface area contributed by atoms with Gasteiger partial charge in [0.2, 0.25) is 0 Å². The number of likely N-dealkylation sites (tertiary alicyclic amines) is 1. The second-order valence-electron chi connectivity index (χ2n) is 3.64. The van der Waals surface area contributed by atoms with Gasteiger partial charge in [0.05, 0.1) is 0 Å². The maximum Gasteiger partial charge on any atom is 0.00707 e. The summed E-state index contributed by atoms with van der Waals surface area (Å²) >= 11 is 0. The molecule has 0 spiro atoms. The first kappa shape index (κ1) is 7.07. The van der Waals surface area contributed by atoms with Crippen molar-refractivity contribution in [1.82, 2.24) is 4.90 Å². The summed E-state index contributed by atoms with van der Waals surface area (Å²) in [7, 11) is 2.24. The van der Waals surface area contributed by atoms with E-state index in [-0.39, 0.29) is 0 Å². The Bertz CT molecular complexity index is 126. The summed E-state index contributed by atoms with van der Waals surface area (Å²) in [6, 6.07) is 0.966. The van der Waals surface area contributed by atoms with Crippen LogP contribution in [0.4, 0.5) is 0 Å². The third-order valence-corrected chi connectivity index (χ3v) is 2.58. The second kappa shape index (κ2) is 1.98. The van der Waals surface area contributed by atoms with Crippen molar-refractivity contribution in [2.45, 2.75) is 25.8 Å².